The van der Waals surface area contributed by atoms with Crippen molar-refractivity contribution in [3.63, 3.8) is 0 Å². The van der Waals surface area contributed by atoms with Gasteiger partial charge in [0.25, 0.3) is 0 Å². The molecule has 0 saturated heterocycles. The van der Waals surface area contributed by atoms with E-state index in [4.69, 9.17) is 4.74 Å². The van der Waals surface area contributed by atoms with E-state index in [0.29, 0.717) is 10.6 Å². The summed E-state index contributed by atoms with van der Waals surface area (Å²) in [7, 11) is 1.29. The zero-order chi connectivity index (χ0) is 17.4. The molecule has 7 heteroatoms. The van der Waals surface area contributed by atoms with Crippen molar-refractivity contribution in [3.8, 4) is 0 Å². The molecule has 130 valence electrons. The van der Waals surface area contributed by atoms with Crippen LogP contribution < -0.4 is 10.4 Å². The van der Waals surface area contributed by atoms with E-state index in [1.807, 2.05) is 6.92 Å². The number of amides is 1. The molecule has 2 fully saturated rings. The van der Waals surface area contributed by atoms with Crippen LogP contribution in [-0.4, -0.2) is 25.0 Å². The molecule has 24 heavy (non-hydrogen) atoms. The molecule has 1 heterocycles. The Hall–Kier alpha value is -1.89. The highest BCUT2D eigenvalue weighted by Crippen LogP contribution is 2.52. The van der Waals surface area contributed by atoms with Gasteiger partial charge < -0.3 is 20.0 Å². The number of hydrogen-bond acceptors (Lipinski definition) is 6. The van der Waals surface area contributed by atoms with E-state index in [9.17, 15) is 19.5 Å². The van der Waals surface area contributed by atoms with Gasteiger partial charge in [-0.25, -0.2) is 4.79 Å². The standard InChI is InChI=1S/C17H21NO5S/c1-3-10-7-11(17(22)23-2)15(24-10)18-14(19)12-8-4-5-9(6-8)13(12)16(20)21/h7-9,12-13H,3-6H2,1-2H3,(H,18,19)(H,20,21)/p-1/t8-,9-,12+,13+/m1/s1. The second-order valence-electron chi connectivity index (χ2n) is 6.49. The summed E-state index contributed by atoms with van der Waals surface area (Å²) in [6, 6.07) is 1.71. The van der Waals surface area contributed by atoms with E-state index in [-0.39, 0.29) is 17.7 Å². The lowest BCUT2D eigenvalue weighted by Crippen LogP contribution is -2.44. The first-order valence-electron chi connectivity index (χ1n) is 8.19. The van der Waals surface area contributed by atoms with Crippen LogP contribution in [0.5, 0.6) is 0 Å². The van der Waals surface area contributed by atoms with Crippen molar-refractivity contribution in [2.45, 2.75) is 32.6 Å². The minimum absolute atomic E-state index is 0.0327. The van der Waals surface area contributed by atoms with Crippen LogP contribution in [0.25, 0.3) is 0 Å². The summed E-state index contributed by atoms with van der Waals surface area (Å²) in [5.74, 6) is -3.16. The van der Waals surface area contributed by atoms with Crippen LogP contribution in [-0.2, 0) is 20.7 Å². The lowest BCUT2D eigenvalue weighted by atomic mass is 9.79. The van der Waals surface area contributed by atoms with Crippen molar-refractivity contribution in [2.75, 3.05) is 12.4 Å². The Morgan fingerprint density at radius 3 is 2.54 bits per heavy atom. The van der Waals surface area contributed by atoms with Crippen molar-refractivity contribution < 1.29 is 24.2 Å². The third kappa shape index (κ3) is 2.81. The average molecular weight is 350 g/mol. The van der Waals surface area contributed by atoms with Gasteiger partial charge in [-0.3, -0.25) is 4.79 Å². The molecule has 0 spiro atoms. The quantitative estimate of drug-likeness (QED) is 0.811. The number of carboxylic acids is 1. The molecule has 2 aliphatic rings. The van der Waals surface area contributed by atoms with Crippen molar-refractivity contribution >= 4 is 34.2 Å². The van der Waals surface area contributed by atoms with Gasteiger partial charge in [0.15, 0.2) is 0 Å². The third-order valence-corrected chi connectivity index (χ3v) is 6.46. The van der Waals surface area contributed by atoms with Crippen LogP contribution in [0.2, 0.25) is 0 Å². The molecular formula is C17H20NO5S-. The fourth-order valence-electron chi connectivity index (χ4n) is 4.17. The largest absolute Gasteiger partial charge is 0.550 e. The van der Waals surface area contributed by atoms with Gasteiger partial charge in [-0.05, 0) is 43.6 Å². The van der Waals surface area contributed by atoms with Crippen LogP contribution in [0.15, 0.2) is 6.07 Å². The Morgan fingerprint density at radius 1 is 1.29 bits per heavy atom. The second-order valence-corrected chi connectivity index (χ2v) is 7.63. The van der Waals surface area contributed by atoms with Crippen LogP contribution in [0, 0.1) is 23.7 Å². The zero-order valence-electron chi connectivity index (χ0n) is 13.7. The van der Waals surface area contributed by atoms with Gasteiger partial charge in [-0.15, -0.1) is 11.3 Å². The number of carbonyl (C=O) groups is 3. The molecule has 4 atom stereocenters. The average Bonchev–Trinajstić information content (AvgIpc) is 3.27. The highest BCUT2D eigenvalue weighted by Gasteiger charge is 2.51. The Kier molecular flexibility index (Phi) is 4.62. The minimum Gasteiger partial charge on any atom is -0.550 e. The van der Waals surface area contributed by atoms with Crippen molar-refractivity contribution in [1.82, 2.24) is 0 Å². The maximum absolute atomic E-state index is 12.7. The summed E-state index contributed by atoms with van der Waals surface area (Å²) in [6.45, 7) is 1.96. The first kappa shape index (κ1) is 17.0. The zero-order valence-corrected chi connectivity index (χ0v) is 14.5. The number of hydrogen-bond donors (Lipinski definition) is 1. The van der Waals surface area contributed by atoms with E-state index in [1.165, 1.54) is 18.4 Å². The SMILES string of the molecule is CCc1cc(C(=O)OC)c(NC(=O)[C@H]2[C@@H]3CC[C@H](C3)[C@@H]2C(=O)[O-])s1. The molecule has 0 aromatic carbocycles. The van der Waals surface area contributed by atoms with Gasteiger partial charge in [-0.2, -0.15) is 0 Å². The van der Waals surface area contributed by atoms with Crippen LogP contribution in [0.4, 0.5) is 5.00 Å². The fraction of sp³-hybridized carbons (Fsp3) is 0.588. The van der Waals surface area contributed by atoms with Gasteiger partial charge >= 0.3 is 5.97 Å². The number of esters is 1. The Balaban J connectivity index is 1.83. The number of fused-ring (bicyclic) bond motifs is 2. The van der Waals surface area contributed by atoms with E-state index in [2.05, 4.69) is 5.32 Å². The lowest BCUT2D eigenvalue weighted by molar-refractivity contribution is -0.314. The maximum atomic E-state index is 12.7. The van der Waals surface area contributed by atoms with Crippen molar-refractivity contribution in [1.29, 1.82) is 0 Å². The summed E-state index contributed by atoms with van der Waals surface area (Å²) in [5.41, 5.74) is 0.320. The number of nitrogens with one attached hydrogen (secondary N) is 1. The van der Waals surface area contributed by atoms with Gasteiger partial charge in [0.2, 0.25) is 5.91 Å². The fourth-order valence-corrected chi connectivity index (χ4v) is 5.16. The van der Waals surface area contributed by atoms with Crippen LogP contribution in [0.3, 0.4) is 0 Å². The first-order chi connectivity index (χ1) is 11.5. The molecule has 2 bridgehead atoms. The molecule has 2 aliphatic carbocycles. The molecule has 1 amide bonds. The summed E-state index contributed by atoms with van der Waals surface area (Å²) in [5, 5.41) is 14.7. The molecular weight excluding hydrogens is 330 g/mol. The predicted molar refractivity (Wildman–Crippen MR) is 86.5 cm³/mol. The first-order valence-corrected chi connectivity index (χ1v) is 9.00. The molecule has 0 radical (unpaired) electrons. The Labute approximate surface area is 144 Å². The molecule has 0 unspecified atom stereocenters. The van der Waals surface area contributed by atoms with Gasteiger partial charge in [-0.1, -0.05) is 6.92 Å². The monoisotopic (exact) mass is 350 g/mol. The number of methoxy groups -OCH3 is 1. The molecule has 1 aromatic rings. The summed E-state index contributed by atoms with van der Waals surface area (Å²) < 4.78 is 4.76. The van der Waals surface area contributed by atoms with Gasteiger partial charge in [0.05, 0.1) is 12.7 Å². The predicted octanol–water partition coefficient (Wildman–Crippen LogP) is 1.45. The van der Waals surface area contributed by atoms with Gasteiger partial charge in [0.1, 0.15) is 5.00 Å². The molecule has 3 rings (SSSR count). The topological polar surface area (TPSA) is 95.5 Å². The van der Waals surface area contributed by atoms with Gasteiger partial charge in [0, 0.05) is 22.7 Å². The van der Waals surface area contributed by atoms with E-state index in [0.717, 1.165) is 30.6 Å². The third-order valence-electron chi connectivity index (χ3n) is 5.26. The number of ether oxygens (including phenoxy) is 1. The number of anilines is 1. The van der Waals surface area contributed by atoms with Crippen LogP contribution in [0.1, 0.15) is 41.4 Å². The number of aryl methyl sites for hydroxylation is 1. The molecule has 1 N–H and O–H groups in total. The summed E-state index contributed by atoms with van der Waals surface area (Å²) in [4.78, 5) is 37.0. The second kappa shape index (κ2) is 6.55. The van der Waals surface area contributed by atoms with Crippen molar-refractivity contribution in [2.24, 2.45) is 23.7 Å². The number of thiophene rings is 1. The normalized spacial score (nSPS) is 27.9. The maximum Gasteiger partial charge on any atom is 0.340 e. The van der Waals surface area contributed by atoms with E-state index >= 15 is 0 Å². The number of rotatable bonds is 5. The summed E-state index contributed by atoms with van der Waals surface area (Å²) in [6.07, 6.45) is 3.23. The minimum atomic E-state index is -1.14. The lowest BCUT2D eigenvalue weighted by Gasteiger charge is -2.30. The molecule has 2 saturated carbocycles. The smallest absolute Gasteiger partial charge is 0.340 e. The number of carbonyl (C=O) groups excluding carboxylic acids is 3. The highest BCUT2D eigenvalue weighted by atomic mass is 32.1. The number of aliphatic carboxylic acids is 1. The van der Waals surface area contributed by atoms with E-state index < -0.39 is 23.8 Å². The molecule has 1 aromatic heterocycles. The molecule has 0 aliphatic heterocycles. The van der Waals surface area contributed by atoms with Crippen LogP contribution >= 0.6 is 11.3 Å². The van der Waals surface area contributed by atoms with Crippen molar-refractivity contribution in [3.05, 3.63) is 16.5 Å². The summed E-state index contributed by atoms with van der Waals surface area (Å²) >= 11 is 1.32. The Morgan fingerprint density at radius 2 is 1.96 bits per heavy atom. The highest BCUT2D eigenvalue weighted by molar-refractivity contribution is 7.16. The number of carboxylic acid groups (broad SMARTS) is 1. The van der Waals surface area contributed by atoms with E-state index in [1.54, 1.807) is 6.07 Å². The Bertz CT molecular complexity index is 683. The molecule has 6 nitrogen and oxygen atoms in total.